The van der Waals surface area contributed by atoms with Gasteiger partial charge in [0.1, 0.15) is 6.10 Å². The highest BCUT2D eigenvalue weighted by Crippen LogP contribution is 2.35. The van der Waals surface area contributed by atoms with Gasteiger partial charge >= 0.3 is 0 Å². The van der Waals surface area contributed by atoms with E-state index in [1.165, 1.54) is 11.4 Å². The molecule has 11 heteroatoms. The monoisotopic (exact) mass is 639 g/mol. The fourth-order valence-corrected chi connectivity index (χ4v) is 7.28. The Balaban J connectivity index is 1.28. The van der Waals surface area contributed by atoms with E-state index in [1.54, 1.807) is 6.07 Å². The number of nitrogens with one attached hydrogen (secondary N) is 2. The van der Waals surface area contributed by atoms with Gasteiger partial charge in [0.2, 0.25) is 10.0 Å². The number of para-hydroxylation sites is 1. The Morgan fingerprint density at radius 3 is 2.63 bits per heavy atom. The third-order valence-electron chi connectivity index (χ3n) is 8.64. The molecular formula is C35H37N5O5S. The van der Waals surface area contributed by atoms with E-state index < -0.39 is 22.2 Å². The Kier molecular flexibility index (Phi) is 9.05. The summed E-state index contributed by atoms with van der Waals surface area (Å²) in [6.07, 6.45) is 4.23. The zero-order valence-corrected chi connectivity index (χ0v) is 26.7. The number of sulfonamides is 1. The molecule has 2 N–H and O–H groups in total. The number of rotatable bonds is 12. The highest BCUT2D eigenvalue weighted by Gasteiger charge is 2.30. The van der Waals surface area contributed by atoms with Crippen LogP contribution in [0.5, 0.6) is 0 Å². The number of hydrogen-bond donors (Lipinski definition) is 2. The number of aryl methyl sites for hydroxylation is 2. The molecule has 1 aliphatic rings. The number of benzene rings is 3. The molecule has 0 radical (unpaired) electrons. The van der Waals surface area contributed by atoms with Crippen LogP contribution in [0.2, 0.25) is 0 Å². The van der Waals surface area contributed by atoms with Gasteiger partial charge in [-0.3, -0.25) is 18.9 Å². The maximum absolute atomic E-state index is 14.0. The lowest BCUT2D eigenvalue weighted by molar-refractivity contribution is -0.134. The largest absolute Gasteiger partial charge is 0.461 e. The van der Waals surface area contributed by atoms with Gasteiger partial charge in [0.25, 0.3) is 12.4 Å². The smallest absolute Gasteiger partial charge is 0.293 e. The van der Waals surface area contributed by atoms with Crippen LogP contribution in [0.4, 0.5) is 5.69 Å². The highest BCUT2D eigenvalue weighted by molar-refractivity contribution is 7.92. The van der Waals surface area contributed by atoms with Crippen LogP contribution in [0.1, 0.15) is 34.0 Å². The van der Waals surface area contributed by atoms with Crippen LogP contribution in [0.3, 0.4) is 0 Å². The maximum Gasteiger partial charge on any atom is 0.293 e. The van der Waals surface area contributed by atoms with Crippen molar-refractivity contribution in [2.45, 2.75) is 45.0 Å². The predicted molar refractivity (Wildman–Crippen MR) is 179 cm³/mol. The molecule has 0 aliphatic carbocycles. The second-order valence-corrected chi connectivity index (χ2v) is 13.7. The molecule has 0 fully saturated rings. The summed E-state index contributed by atoms with van der Waals surface area (Å²) in [4.78, 5) is 30.2. The number of hydrogen-bond acceptors (Lipinski definition) is 7. The molecule has 3 heterocycles. The second-order valence-electron chi connectivity index (χ2n) is 11.6. The Labute approximate surface area is 268 Å². The van der Waals surface area contributed by atoms with E-state index in [1.807, 2.05) is 84.5 Å². The lowest BCUT2D eigenvalue weighted by Gasteiger charge is -2.27. The number of carbonyl (C=O) groups is 2. The van der Waals surface area contributed by atoms with Gasteiger partial charge in [-0.25, -0.2) is 8.42 Å². The van der Waals surface area contributed by atoms with E-state index >= 15 is 0 Å². The van der Waals surface area contributed by atoms with Crippen molar-refractivity contribution in [1.29, 1.82) is 0 Å². The first-order valence-corrected chi connectivity index (χ1v) is 17.0. The zero-order valence-electron chi connectivity index (χ0n) is 25.8. The number of nitrogens with zero attached hydrogens (tertiary/aromatic N) is 3. The standard InChI is InChI=1S/C35H37N5O5S/c1-3-26-22-40-13-14-46(43,44)39(2)32-18-28(17-29(26)34(32)40)35(42)38-31(16-24-9-5-4-6-10-24)33(45-23-41)21-36-19-25-15-27-11-7-8-12-30(27)37-20-25/h4-12,15,17-18,20,22-23,31,33,36H,3,13-14,16,19,21H2,1-2H3,(H,38,42)/t31-,33+/m0/s1. The highest BCUT2D eigenvalue weighted by atomic mass is 32.2. The van der Waals surface area contributed by atoms with Gasteiger partial charge in [-0.1, -0.05) is 55.5 Å². The lowest BCUT2D eigenvalue weighted by atomic mass is 9.99. The van der Waals surface area contributed by atoms with Crippen LogP contribution in [0.25, 0.3) is 21.8 Å². The van der Waals surface area contributed by atoms with Crippen molar-refractivity contribution in [2.24, 2.45) is 0 Å². The van der Waals surface area contributed by atoms with Crippen LogP contribution < -0.4 is 14.9 Å². The molecule has 238 valence electrons. The van der Waals surface area contributed by atoms with Gasteiger partial charge in [-0.2, -0.15) is 0 Å². The molecule has 0 saturated carbocycles. The minimum atomic E-state index is -3.56. The van der Waals surface area contributed by atoms with Crippen molar-refractivity contribution in [2.75, 3.05) is 23.7 Å². The number of amides is 1. The molecule has 0 bridgehead atoms. The van der Waals surface area contributed by atoms with Crippen molar-refractivity contribution in [3.63, 3.8) is 0 Å². The van der Waals surface area contributed by atoms with E-state index in [2.05, 4.69) is 21.7 Å². The molecule has 2 atom stereocenters. The van der Waals surface area contributed by atoms with Gasteiger partial charge < -0.3 is 19.9 Å². The lowest BCUT2D eigenvalue weighted by Crippen LogP contribution is -2.50. The fourth-order valence-electron chi connectivity index (χ4n) is 6.14. The number of carbonyl (C=O) groups excluding carboxylic acids is 2. The van der Waals surface area contributed by atoms with Crippen molar-refractivity contribution >= 4 is 49.9 Å². The first kappa shape index (κ1) is 31.3. The molecule has 1 amide bonds. The number of pyridine rings is 1. The van der Waals surface area contributed by atoms with Gasteiger partial charge in [0.05, 0.1) is 28.5 Å². The summed E-state index contributed by atoms with van der Waals surface area (Å²) in [6, 6.07) is 22.5. The summed E-state index contributed by atoms with van der Waals surface area (Å²) < 4.78 is 34.8. The Bertz CT molecular complexity index is 1990. The van der Waals surface area contributed by atoms with Crippen LogP contribution in [-0.4, -0.2) is 61.8 Å². The molecule has 2 aromatic heterocycles. The molecule has 6 rings (SSSR count). The molecule has 3 aromatic carbocycles. The molecular weight excluding hydrogens is 602 g/mol. The average molecular weight is 640 g/mol. The third-order valence-corrected chi connectivity index (χ3v) is 10.4. The second kappa shape index (κ2) is 13.3. The fraction of sp³-hybridized carbons (Fsp3) is 0.286. The number of aromatic nitrogens is 2. The van der Waals surface area contributed by atoms with E-state index in [0.717, 1.165) is 44.9 Å². The van der Waals surface area contributed by atoms with Crippen molar-refractivity contribution in [3.8, 4) is 0 Å². The molecule has 0 saturated heterocycles. The van der Waals surface area contributed by atoms with E-state index in [4.69, 9.17) is 4.74 Å². The van der Waals surface area contributed by atoms with Crippen molar-refractivity contribution in [3.05, 3.63) is 107 Å². The Hall–Kier alpha value is -4.74. The summed E-state index contributed by atoms with van der Waals surface area (Å²) >= 11 is 0. The van der Waals surface area contributed by atoms with E-state index in [-0.39, 0.29) is 18.2 Å². The molecule has 1 aliphatic heterocycles. The summed E-state index contributed by atoms with van der Waals surface area (Å²) in [7, 11) is -2.03. The average Bonchev–Trinajstić information content (AvgIpc) is 3.40. The quantitative estimate of drug-likeness (QED) is 0.196. The van der Waals surface area contributed by atoms with Crippen molar-refractivity contribution < 1.29 is 22.7 Å². The van der Waals surface area contributed by atoms with Crippen LogP contribution in [0, 0.1) is 0 Å². The summed E-state index contributed by atoms with van der Waals surface area (Å²) in [5, 5.41) is 8.37. The first-order valence-electron chi connectivity index (χ1n) is 15.4. The summed E-state index contributed by atoms with van der Waals surface area (Å²) in [5.74, 6) is -0.416. The van der Waals surface area contributed by atoms with Crippen LogP contribution in [-0.2, 0) is 45.5 Å². The SMILES string of the molecule is CCc1cn2c3c(cc(C(=O)N[C@@H](Cc4ccccc4)[C@@H](CNCc4cnc5ccccc5c4)OC=O)cc13)N(C)S(=O)(=O)CC2. The van der Waals surface area contributed by atoms with Gasteiger partial charge in [0, 0.05) is 55.4 Å². The van der Waals surface area contributed by atoms with Gasteiger partial charge in [0.15, 0.2) is 0 Å². The van der Waals surface area contributed by atoms with Crippen LogP contribution >= 0.6 is 0 Å². The minimum absolute atomic E-state index is 0.0290. The summed E-state index contributed by atoms with van der Waals surface area (Å²) in [6.45, 7) is 3.55. The third kappa shape index (κ3) is 6.47. The topological polar surface area (TPSA) is 123 Å². The van der Waals surface area contributed by atoms with Gasteiger partial charge in [-0.05, 0) is 53.8 Å². The number of anilines is 1. The molecule has 10 nitrogen and oxygen atoms in total. The first-order chi connectivity index (χ1) is 22.3. The predicted octanol–water partition coefficient (Wildman–Crippen LogP) is 4.20. The molecule has 0 spiro atoms. The van der Waals surface area contributed by atoms with Gasteiger partial charge in [-0.15, -0.1) is 0 Å². The van der Waals surface area contributed by atoms with Crippen molar-refractivity contribution in [1.82, 2.24) is 20.2 Å². The summed E-state index contributed by atoms with van der Waals surface area (Å²) in [5.41, 5.74) is 5.48. The minimum Gasteiger partial charge on any atom is -0.461 e. The number of ether oxygens (including phenoxy) is 1. The van der Waals surface area contributed by atoms with E-state index in [0.29, 0.717) is 37.2 Å². The number of fused-ring (bicyclic) bond motifs is 1. The molecule has 46 heavy (non-hydrogen) atoms. The normalized spacial score (nSPS) is 15.3. The maximum atomic E-state index is 14.0. The van der Waals surface area contributed by atoms with Crippen LogP contribution in [0.15, 0.2) is 85.2 Å². The molecule has 0 unspecified atom stereocenters. The molecule has 5 aromatic rings. The Morgan fingerprint density at radius 1 is 1.07 bits per heavy atom. The zero-order chi connectivity index (χ0) is 32.3. The van der Waals surface area contributed by atoms with E-state index in [9.17, 15) is 18.0 Å². The Morgan fingerprint density at radius 2 is 1.85 bits per heavy atom.